The summed E-state index contributed by atoms with van der Waals surface area (Å²) in [6, 6.07) is 7.41. The molecule has 1 amide bonds. The van der Waals surface area contributed by atoms with E-state index in [9.17, 15) is 4.79 Å². The Morgan fingerprint density at radius 1 is 1.14 bits per heavy atom. The fraction of sp³-hybridized carbons (Fsp3) is 0.267. The smallest absolute Gasteiger partial charge is 0.411 e. The number of carbonyl (C=O) groups is 1. The average molecular weight is 286 g/mol. The first kappa shape index (κ1) is 14.8. The number of carbonyl (C=O) groups excluding carboxylic acids is 1. The third-order valence-corrected chi connectivity index (χ3v) is 3.03. The highest BCUT2D eigenvalue weighted by molar-refractivity contribution is 5.84. The molecule has 21 heavy (non-hydrogen) atoms. The quantitative estimate of drug-likeness (QED) is 0.903. The summed E-state index contributed by atoms with van der Waals surface area (Å²) >= 11 is 0. The van der Waals surface area contributed by atoms with E-state index in [2.05, 4.69) is 25.3 Å². The Morgan fingerprint density at radius 2 is 1.76 bits per heavy atom. The Labute approximate surface area is 123 Å². The molecule has 0 aliphatic rings. The Kier molecular flexibility index (Phi) is 4.71. The fourth-order valence-corrected chi connectivity index (χ4v) is 1.98. The second-order valence-corrected chi connectivity index (χ2v) is 4.59. The summed E-state index contributed by atoms with van der Waals surface area (Å²) in [6.07, 6.45) is 2.88. The van der Waals surface area contributed by atoms with E-state index in [1.54, 1.807) is 24.5 Å². The van der Waals surface area contributed by atoms with Gasteiger partial charge < -0.3 is 10.1 Å². The number of anilines is 2. The van der Waals surface area contributed by atoms with E-state index in [4.69, 9.17) is 0 Å². The van der Waals surface area contributed by atoms with E-state index in [0.29, 0.717) is 5.69 Å². The molecule has 1 aromatic carbocycles. The van der Waals surface area contributed by atoms with Crippen LogP contribution in [0.15, 0.2) is 36.7 Å². The van der Waals surface area contributed by atoms with Gasteiger partial charge in [0, 0.05) is 23.8 Å². The molecule has 0 fully saturated rings. The Balaban J connectivity index is 2.03. The minimum absolute atomic E-state index is 0.0399. The van der Waals surface area contributed by atoms with Crippen LogP contribution in [0.5, 0.6) is 0 Å². The molecule has 1 heterocycles. The van der Waals surface area contributed by atoms with Crippen LogP contribution in [0.2, 0.25) is 0 Å². The predicted octanol–water partition coefficient (Wildman–Crippen LogP) is 3.14. The first-order chi connectivity index (χ1) is 10.1. The molecule has 0 radical (unpaired) electrons. The van der Waals surface area contributed by atoms with Crippen molar-refractivity contribution in [2.24, 2.45) is 0 Å². The van der Waals surface area contributed by atoms with Crippen molar-refractivity contribution in [2.75, 3.05) is 17.7 Å². The molecule has 0 aliphatic heterocycles. The fourth-order valence-electron chi connectivity index (χ4n) is 1.98. The van der Waals surface area contributed by atoms with Gasteiger partial charge in [0.25, 0.3) is 0 Å². The number of nitrogens with one attached hydrogen (secondary N) is 2. The number of nitrogens with zero attached hydrogens (tertiary/aromatic N) is 2. The second kappa shape index (κ2) is 6.69. The highest BCUT2D eigenvalue weighted by Crippen LogP contribution is 2.20. The number of aromatic nitrogens is 2. The summed E-state index contributed by atoms with van der Waals surface area (Å²) in [5, 5.41) is 5.95. The third kappa shape index (κ3) is 3.92. The Bertz CT molecular complexity index is 613. The largest absolute Gasteiger partial charge is 0.453 e. The third-order valence-electron chi connectivity index (χ3n) is 3.03. The summed E-state index contributed by atoms with van der Waals surface area (Å²) in [4.78, 5) is 19.7. The van der Waals surface area contributed by atoms with Crippen LogP contribution in [0.1, 0.15) is 24.4 Å². The minimum Gasteiger partial charge on any atom is -0.453 e. The van der Waals surface area contributed by atoms with Gasteiger partial charge in [-0.15, -0.1) is 0 Å². The molecule has 0 spiro atoms. The summed E-state index contributed by atoms with van der Waals surface area (Å²) in [5.74, 6) is 0. The zero-order valence-corrected chi connectivity index (χ0v) is 12.3. The second-order valence-electron chi connectivity index (χ2n) is 4.59. The van der Waals surface area contributed by atoms with E-state index >= 15 is 0 Å². The van der Waals surface area contributed by atoms with Gasteiger partial charge in [-0.2, -0.15) is 0 Å². The number of methoxy groups -OCH3 is 1. The van der Waals surface area contributed by atoms with Gasteiger partial charge in [0.2, 0.25) is 0 Å². The summed E-state index contributed by atoms with van der Waals surface area (Å²) in [5.41, 5.74) is 3.43. The number of benzene rings is 1. The van der Waals surface area contributed by atoms with Crippen molar-refractivity contribution < 1.29 is 9.53 Å². The predicted molar refractivity (Wildman–Crippen MR) is 81.3 cm³/mol. The number of rotatable bonds is 4. The molecular formula is C15H18N4O2. The van der Waals surface area contributed by atoms with Crippen LogP contribution in [0.3, 0.4) is 0 Å². The number of amides is 1. The van der Waals surface area contributed by atoms with Gasteiger partial charge in [0.1, 0.15) is 0 Å². The molecule has 110 valence electrons. The van der Waals surface area contributed by atoms with Crippen molar-refractivity contribution >= 4 is 17.5 Å². The number of ether oxygens (including phenoxy) is 1. The van der Waals surface area contributed by atoms with Crippen LogP contribution in [0.25, 0.3) is 0 Å². The standard InChI is InChI=1S/C15H18N4O2/c1-10-14(17-9-8-16-10)11(2)18-12-4-6-13(7-5-12)19-15(20)21-3/h4-9,11,18H,1-3H3,(H,19,20). The molecule has 6 heteroatoms. The topological polar surface area (TPSA) is 76.1 Å². The van der Waals surface area contributed by atoms with Crippen LogP contribution < -0.4 is 10.6 Å². The molecular weight excluding hydrogens is 268 g/mol. The first-order valence-electron chi connectivity index (χ1n) is 6.59. The van der Waals surface area contributed by atoms with Gasteiger partial charge in [-0.25, -0.2) is 4.79 Å². The van der Waals surface area contributed by atoms with E-state index < -0.39 is 6.09 Å². The molecule has 1 unspecified atom stereocenters. The number of hydrogen-bond donors (Lipinski definition) is 2. The van der Waals surface area contributed by atoms with Crippen molar-refractivity contribution in [2.45, 2.75) is 19.9 Å². The van der Waals surface area contributed by atoms with Crippen molar-refractivity contribution in [3.05, 3.63) is 48.0 Å². The van der Waals surface area contributed by atoms with E-state index in [-0.39, 0.29) is 6.04 Å². The minimum atomic E-state index is -0.487. The summed E-state index contributed by atoms with van der Waals surface area (Å²) in [6.45, 7) is 3.96. The van der Waals surface area contributed by atoms with Gasteiger partial charge in [-0.05, 0) is 38.1 Å². The zero-order chi connectivity index (χ0) is 15.2. The molecule has 0 bridgehead atoms. The van der Waals surface area contributed by atoms with E-state index in [1.807, 2.05) is 26.0 Å². The maximum atomic E-state index is 11.1. The van der Waals surface area contributed by atoms with Crippen LogP contribution >= 0.6 is 0 Å². The van der Waals surface area contributed by atoms with Crippen LogP contribution in [0.4, 0.5) is 16.2 Å². The Morgan fingerprint density at radius 3 is 2.38 bits per heavy atom. The van der Waals surface area contributed by atoms with Gasteiger partial charge >= 0.3 is 6.09 Å². The van der Waals surface area contributed by atoms with Crippen molar-refractivity contribution in [3.8, 4) is 0 Å². The van der Waals surface area contributed by atoms with Gasteiger partial charge in [-0.1, -0.05) is 0 Å². The molecule has 0 aliphatic carbocycles. The van der Waals surface area contributed by atoms with Gasteiger partial charge in [0.05, 0.1) is 24.5 Å². The maximum Gasteiger partial charge on any atom is 0.411 e. The summed E-state index contributed by atoms with van der Waals surface area (Å²) in [7, 11) is 1.33. The van der Waals surface area contributed by atoms with Crippen LogP contribution in [-0.2, 0) is 4.74 Å². The normalized spacial score (nSPS) is 11.6. The summed E-state index contributed by atoms with van der Waals surface area (Å²) < 4.78 is 4.54. The average Bonchev–Trinajstić information content (AvgIpc) is 2.49. The molecule has 2 N–H and O–H groups in total. The molecule has 1 atom stereocenters. The molecule has 0 saturated heterocycles. The first-order valence-corrected chi connectivity index (χ1v) is 6.59. The van der Waals surface area contributed by atoms with Gasteiger partial charge in [0.15, 0.2) is 0 Å². The van der Waals surface area contributed by atoms with Crippen molar-refractivity contribution in [1.29, 1.82) is 0 Å². The lowest BCUT2D eigenvalue weighted by atomic mass is 10.1. The maximum absolute atomic E-state index is 11.1. The van der Waals surface area contributed by atoms with Gasteiger partial charge in [-0.3, -0.25) is 15.3 Å². The molecule has 2 rings (SSSR count). The molecule has 0 saturated carbocycles. The highest BCUT2D eigenvalue weighted by atomic mass is 16.5. The highest BCUT2D eigenvalue weighted by Gasteiger charge is 2.10. The molecule has 1 aromatic heterocycles. The SMILES string of the molecule is COC(=O)Nc1ccc(NC(C)c2nccnc2C)cc1. The zero-order valence-electron chi connectivity index (χ0n) is 12.3. The lowest BCUT2D eigenvalue weighted by Gasteiger charge is -2.16. The lowest BCUT2D eigenvalue weighted by Crippen LogP contribution is -2.12. The molecule has 6 nitrogen and oxygen atoms in total. The Hall–Kier alpha value is -2.63. The number of hydrogen-bond acceptors (Lipinski definition) is 5. The van der Waals surface area contributed by atoms with Crippen molar-refractivity contribution in [1.82, 2.24) is 9.97 Å². The molecule has 2 aromatic rings. The lowest BCUT2D eigenvalue weighted by molar-refractivity contribution is 0.187. The van der Waals surface area contributed by atoms with Crippen molar-refractivity contribution in [3.63, 3.8) is 0 Å². The number of aryl methyl sites for hydroxylation is 1. The van der Waals surface area contributed by atoms with Crippen LogP contribution in [0, 0.1) is 6.92 Å². The monoisotopic (exact) mass is 286 g/mol. The van der Waals surface area contributed by atoms with E-state index in [0.717, 1.165) is 17.1 Å². The van der Waals surface area contributed by atoms with E-state index in [1.165, 1.54) is 7.11 Å². The van der Waals surface area contributed by atoms with Crippen LogP contribution in [-0.4, -0.2) is 23.2 Å².